The summed E-state index contributed by atoms with van der Waals surface area (Å²) in [5.74, 6) is -3.01. The SMILES string of the molecule is CC(O)C(N)C(=O)NC(CC1=CCNC1C(=N)N)C(=O)NCCCC(=O)NC(C(=O)O)C(C)Sc1ccccc1. The Balaban J connectivity index is 1.91. The summed E-state index contributed by atoms with van der Waals surface area (Å²) in [6.07, 6.45) is 0.895. The largest absolute Gasteiger partial charge is 0.480 e. The summed E-state index contributed by atoms with van der Waals surface area (Å²) in [6.45, 7) is 3.61. The summed E-state index contributed by atoms with van der Waals surface area (Å²) in [6, 6.07) is 5.29. The van der Waals surface area contributed by atoms with E-state index in [1.165, 1.54) is 18.7 Å². The first kappa shape index (κ1) is 32.8. The fourth-order valence-corrected chi connectivity index (χ4v) is 5.05. The van der Waals surface area contributed by atoms with E-state index < -0.39 is 59.2 Å². The van der Waals surface area contributed by atoms with Crippen LogP contribution >= 0.6 is 11.8 Å². The van der Waals surface area contributed by atoms with Crippen molar-refractivity contribution in [1.82, 2.24) is 21.3 Å². The van der Waals surface area contributed by atoms with Crippen LogP contribution in [0.1, 0.15) is 33.1 Å². The van der Waals surface area contributed by atoms with Gasteiger partial charge < -0.3 is 42.9 Å². The lowest BCUT2D eigenvalue weighted by Crippen LogP contribution is -2.55. The van der Waals surface area contributed by atoms with E-state index in [2.05, 4.69) is 21.3 Å². The van der Waals surface area contributed by atoms with Crippen molar-refractivity contribution >= 4 is 41.3 Å². The maximum Gasteiger partial charge on any atom is 0.327 e. The molecule has 6 atom stereocenters. The topological polar surface area (TPSA) is 233 Å². The Labute approximate surface area is 237 Å². The summed E-state index contributed by atoms with van der Waals surface area (Å²) in [7, 11) is 0. The Kier molecular flexibility index (Phi) is 13.1. The van der Waals surface area contributed by atoms with Crippen molar-refractivity contribution in [2.45, 2.75) is 73.5 Å². The molecule has 1 aliphatic rings. The zero-order chi connectivity index (χ0) is 29.8. The first-order valence-corrected chi connectivity index (χ1v) is 13.8. The summed E-state index contributed by atoms with van der Waals surface area (Å²) < 4.78 is 0. The molecule has 0 saturated carbocycles. The van der Waals surface area contributed by atoms with Crippen LogP contribution in [-0.2, 0) is 19.2 Å². The highest BCUT2D eigenvalue weighted by atomic mass is 32.2. The molecule has 1 aromatic carbocycles. The molecule has 2 rings (SSSR count). The van der Waals surface area contributed by atoms with Gasteiger partial charge in [0.25, 0.3) is 0 Å². The molecule has 40 heavy (non-hydrogen) atoms. The van der Waals surface area contributed by atoms with Gasteiger partial charge in [0.05, 0.1) is 12.1 Å². The first-order valence-electron chi connectivity index (χ1n) is 12.9. The van der Waals surface area contributed by atoms with Crippen LogP contribution < -0.4 is 32.7 Å². The molecule has 1 aromatic rings. The average molecular weight is 578 g/mol. The van der Waals surface area contributed by atoms with Gasteiger partial charge in [0.15, 0.2) is 0 Å². The zero-order valence-corrected chi connectivity index (χ0v) is 23.4. The summed E-state index contributed by atoms with van der Waals surface area (Å²) >= 11 is 1.34. The Morgan fingerprint density at radius 3 is 2.42 bits per heavy atom. The third-order valence-corrected chi connectivity index (χ3v) is 7.45. The number of hydrogen-bond donors (Lipinski definition) is 9. The van der Waals surface area contributed by atoms with Gasteiger partial charge in [-0.1, -0.05) is 31.2 Å². The second-order valence-corrected chi connectivity index (χ2v) is 11.0. The molecular weight excluding hydrogens is 538 g/mol. The number of carbonyl (C=O) groups is 4. The van der Waals surface area contributed by atoms with Crippen LogP contribution in [0.3, 0.4) is 0 Å². The number of carbonyl (C=O) groups excluding carboxylic acids is 3. The Morgan fingerprint density at radius 2 is 1.82 bits per heavy atom. The van der Waals surface area contributed by atoms with Crippen LogP contribution in [0.2, 0.25) is 0 Å². The number of aliphatic hydroxyl groups is 1. The Morgan fingerprint density at radius 1 is 1.15 bits per heavy atom. The van der Waals surface area contributed by atoms with Gasteiger partial charge in [0, 0.05) is 29.7 Å². The molecule has 0 spiro atoms. The van der Waals surface area contributed by atoms with Crippen molar-refractivity contribution in [2.24, 2.45) is 11.5 Å². The maximum absolute atomic E-state index is 13.0. The smallest absolute Gasteiger partial charge is 0.327 e. The van der Waals surface area contributed by atoms with Crippen LogP contribution in [0.15, 0.2) is 46.9 Å². The molecule has 13 nitrogen and oxygen atoms in total. The van der Waals surface area contributed by atoms with Crippen molar-refractivity contribution < 1.29 is 29.4 Å². The number of hydrogen-bond acceptors (Lipinski definition) is 9. The number of aliphatic hydroxyl groups excluding tert-OH is 1. The average Bonchev–Trinajstić information content (AvgIpc) is 3.37. The molecule has 0 aliphatic carbocycles. The fourth-order valence-electron chi connectivity index (χ4n) is 3.99. The van der Waals surface area contributed by atoms with Crippen molar-refractivity contribution in [1.29, 1.82) is 5.41 Å². The van der Waals surface area contributed by atoms with Gasteiger partial charge in [0.2, 0.25) is 17.7 Å². The number of rotatable bonds is 16. The third-order valence-electron chi connectivity index (χ3n) is 6.26. The van der Waals surface area contributed by atoms with Crippen LogP contribution in [0.25, 0.3) is 0 Å². The molecule has 0 bridgehead atoms. The maximum atomic E-state index is 13.0. The predicted octanol–water partition coefficient (Wildman–Crippen LogP) is -0.950. The number of nitrogens with two attached hydrogens (primary N) is 2. The van der Waals surface area contributed by atoms with Crippen LogP contribution in [0.4, 0.5) is 0 Å². The minimum Gasteiger partial charge on any atom is -0.480 e. The number of carboxylic acid groups (broad SMARTS) is 1. The monoisotopic (exact) mass is 577 g/mol. The normalized spacial score (nSPS) is 18.4. The van der Waals surface area contributed by atoms with E-state index in [1.807, 2.05) is 30.3 Å². The number of carboxylic acids is 1. The summed E-state index contributed by atoms with van der Waals surface area (Å²) in [4.78, 5) is 50.5. The quantitative estimate of drug-likeness (QED) is 0.0384. The number of amidine groups is 1. The summed E-state index contributed by atoms with van der Waals surface area (Å²) in [5.41, 5.74) is 12.0. The molecule has 0 aromatic heterocycles. The molecule has 0 fully saturated rings. The Hall–Kier alpha value is -3.46. The van der Waals surface area contributed by atoms with Crippen molar-refractivity contribution in [3.63, 3.8) is 0 Å². The van der Waals surface area contributed by atoms with Gasteiger partial charge in [-0.25, -0.2) is 4.79 Å². The van der Waals surface area contributed by atoms with Gasteiger partial charge >= 0.3 is 5.97 Å². The van der Waals surface area contributed by atoms with Crippen LogP contribution in [0.5, 0.6) is 0 Å². The molecule has 6 unspecified atom stereocenters. The lowest BCUT2D eigenvalue weighted by atomic mass is 9.99. The summed E-state index contributed by atoms with van der Waals surface area (Å²) in [5, 5.41) is 37.3. The lowest BCUT2D eigenvalue weighted by Gasteiger charge is -2.24. The van der Waals surface area contributed by atoms with Crippen LogP contribution in [0, 0.1) is 5.41 Å². The van der Waals surface area contributed by atoms with Gasteiger partial charge in [-0.05, 0) is 37.5 Å². The minimum absolute atomic E-state index is 0.0296. The fraction of sp³-hybridized carbons (Fsp3) is 0.500. The Bertz CT molecular complexity index is 1080. The second-order valence-electron chi connectivity index (χ2n) is 9.52. The van der Waals surface area contributed by atoms with E-state index in [0.29, 0.717) is 12.1 Å². The number of aliphatic carboxylic acids is 1. The highest BCUT2D eigenvalue weighted by Gasteiger charge is 2.31. The molecule has 0 saturated heterocycles. The molecule has 1 heterocycles. The zero-order valence-electron chi connectivity index (χ0n) is 22.6. The molecule has 0 radical (unpaired) electrons. The van der Waals surface area contributed by atoms with E-state index in [1.54, 1.807) is 13.0 Å². The molecule has 3 amide bonds. The lowest BCUT2D eigenvalue weighted by molar-refractivity contribution is -0.141. The van der Waals surface area contributed by atoms with Crippen molar-refractivity contribution in [2.75, 3.05) is 13.1 Å². The molecule has 220 valence electrons. The number of amides is 3. The number of benzene rings is 1. The standard InChI is InChI=1S/C26H39N7O6S/c1-14(34)20(27)25(37)32-18(13-16-10-12-30-22(16)23(28)29)24(36)31-11-6-9-19(35)33-21(26(38)39)15(2)40-17-7-4-3-5-8-17/h3-5,7-8,10,14-15,18,20-22,30,34H,6,9,11-13,27H2,1-2H3,(H3,28,29)(H,31,36)(H,32,37)(H,33,35)(H,38,39). The highest BCUT2D eigenvalue weighted by molar-refractivity contribution is 8.00. The molecule has 11 N–H and O–H groups in total. The first-order chi connectivity index (χ1) is 18.9. The predicted molar refractivity (Wildman–Crippen MR) is 152 cm³/mol. The van der Waals surface area contributed by atoms with Gasteiger partial charge in [-0.3, -0.25) is 19.8 Å². The van der Waals surface area contributed by atoms with Gasteiger partial charge in [-0.2, -0.15) is 0 Å². The number of nitrogens with one attached hydrogen (secondary N) is 5. The van der Waals surface area contributed by atoms with Crippen molar-refractivity contribution in [3.05, 3.63) is 42.0 Å². The van der Waals surface area contributed by atoms with Gasteiger partial charge in [0.1, 0.15) is 24.0 Å². The van der Waals surface area contributed by atoms with E-state index in [0.717, 1.165) is 4.90 Å². The van der Waals surface area contributed by atoms with E-state index in [4.69, 9.17) is 16.9 Å². The van der Waals surface area contributed by atoms with E-state index in [9.17, 15) is 29.4 Å². The molecule has 1 aliphatic heterocycles. The second kappa shape index (κ2) is 16.0. The minimum atomic E-state index is -1.25. The number of thioether (sulfide) groups is 1. The molecular formula is C26H39N7O6S. The molecule has 14 heteroatoms. The third kappa shape index (κ3) is 10.3. The highest BCUT2D eigenvalue weighted by Crippen LogP contribution is 2.25. The van der Waals surface area contributed by atoms with Crippen molar-refractivity contribution in [3.8, 4) is 0 Å². The van der Waals surface area contributed by atoms with E-state index in [-0.39, 0.29) is 31.6 Å². The van der Waals surface area contributed by atoms with E-state index >= 15 is 0 Å². The van der Waals surface area contributed by atoms with Crippen LogP contribution in [-0.4, -0.2) is 88.4 Å². The van der Waals surface area contributed by atoms with Gasteiger partial charge in [-0.15, -0.1) is 11.8 Å².